The predicted octanol–water partition coefficient (Wildman–Crippen LogP) is 2.07. The Kier molecular flexibility index (Phi) is 2.59. The molecule has 0 spiro atoms. The molecule has 0 aliphatic carbocycles. The van der Waals surface area contributed by atoms with Crippen LogP contribution in [-0.4, -0.2) is 12.1 Å². The van der Waals surface area contributed by atoms with Crippen LogP contribution in [0.1, 0.15) is 12.6 Å². The van der Waals surface area contributed by atoms with Gasteiger partial charge in [0.2, 0.25) is 5.52 Å². The van der Waals surface area contributed by atoms with Crippen LogP contribution in [0, 0.1) is 0 Å². The quantitative estimate of drug-likeness (QED) is 0.754. The fourth-order valence-corrected chi connectivity index (χ4v) is 2.23. The number of hydrogen-bond acceptors (Lipinski definition) is 2. The van der Waals surface area contributed by atoms with Crippen LogP contribution in [0.3, 0.4) is 0 Å². The summed E-state index contributed by atoms with van der Waals surface area (Å²) in [6.45, 7) is 1.93. The summed E-state index contributed by atoms with van der Waals surface area (Å²) in [7, 11) is 0. The summed E-state index contributed by atoms with van der Waals surface area (Å²) in [5.41, 5.74) is 3.16. The zero-order valence-corrected chi connectivity index (χ0v) is 10.1. The second kappa shape index (κ2) is 4.26. The third kappa shape index (κ3) is 1.99. The van der Waals surface area contributed by atoms with Crippen LogP contribution in [0.25, 0.3) is 10.9 Å². The molecule has 1 aromatic carbocycles. The smallest absolute Gasteiger partial charge is 0.331 e. The van der Waals surface area contributed by atoms with Crippen LogP contribution in [-0.2, 0) is 16.0 Å². The molecule has 1 N–H and O–H groups in total. The maximum absolute atomic E-state index is 11.2. The number of carbonyl (C=O) groups excluding carboxylic acids is 1. The number of pyridine rings is 1. The van der Waals surface area contributed by atoms with Crippen molar-refractivity contribution in [2.75, 3.05) is 0 Å². The van der Waals surface area contributed by atoms with Crippen molar-refractivity contribution in [2.45, 2.75) is 19.4 Å². The Morgan fingerprint density at radius 1 is 1.22 bits per heavy atom. The molecule has 1 aliphatic heterocycles. The van der Waals surface area contributed by atoms with E-state index < -0.39 is 0 Å². The minimum Gasteiger partial charge on any atom is -0.454 e. The minimum absolute atomic E-state index is 0.130. The molecule has 2 heterocycles. The van der Waals surface area contributed by atoms with E-state index >= 15 is 0 Å². The van der Waals surface area contributed by atoms with Crippen molar-refractivity contribution < 1.29 is 14.5 Å². The summed E-state index contributed by atoms with van der Waals surface area (Å²) < 4.78 is 5.24. The number of para-hydroxylation sites is 1. The predicted molar refractivity (Wildman–Crippen MR) is 67.8 cm³/mol. The third-order valence-corrected chi connectivity index (χ3v) is 3.24. The van der Waals surface area contributed by atoms with E-state index in [1.807, 2.05) is 31.2 Å². The molecule has 0 bridgehead atoms. The standard InChI is InChI=1S/C15H13NO2/c1-10-8-15(17)18-14(10)9-12-7-6-11-4-2-3-5-13(11)16-12/h2-8,14H,9H2,1H3/p+1. The van der Waals surface area contributed by atoms with E-state index in [2.05, 4.69) is 17.1 Å². The lowest BCUT2D eigenvalue weighted by Gasteiger charge is -2.08. The third-order valence-electron chi connectivity index (χ3n) is 3.24. The second-order valence-electron chi connectivity index (χ2n) is 4.59. The van der Waals surface area contributed by atoms with E-state index in [1.165, 1.54) is 5.39 Å². The zero-order valence-electron chi connectivity index (χ0n) is 10.1. The number of cyclic esters (lactones) is 1. The fourth-order valence-electron chi connectivity index (χ4n) is 2.23. The molecule has 0 fully saturated rings. The summed E-state index contributed by atoms with van der Waals surface area (Å²) >= 11 is 0. The number of H-pyrrole nitrogens is 1. The Bertz CT molecular complexity index is 646. The van der Waals surface area contributed by atoms with Crippen LogP contribution in [0.5, 0.6) is 0 Å². The van der Waals surface area contributed by atoms with Crippen molar-refractivity contribution in [3.05, 3.63) is 53.7 Å². The molecule has 0 saturated heterocycles. The molecule has 1 aromatic heterocycles. The van der Waals surface area contributed by atoms with Crippen LogP contribution in [0.2, 0.25) is 0 Å². The summed E-state index contributed by atoms with van der Waals surface area (Å²) in [4.78, 5) is 14.5. The Hall–Kier alpha value is -2.16. The van der Waals surface area contributed by atoms with Crippen LogP contribution < -0.4 is 4.98 Å². The van der Waals surface area contributed by atoms with E-state index in [9.17, 15) is 4.79 Å². The summed E-state index contributed by atoms with van der Waals surface area (Å²) in [6.07, 6.45) is 2.12. The van der Waals surface area contributed by atoms with Crippen molar-refractivity contribution in [1.29, 1.82) is 0 Å². The van der Waals surface area contributed by atoms with Crippen LogP contribution in [0.15, 0.2) is 48.0 Å². The molecule has 2 aromatic rings. The number of hydrogen-bond donors (Lipinski definition) is 0. The minimum atomic E-state index is -0.238. The lowest BCUT2D eigenvalue weighted by Crippen LogP contribution is -2.21. The molecular weight excluding hydrogens is 226 g/mol. The number of ether oxygens (including phenoxy) is 1. The normalized spacial score (nSPS) is 18.8. The summed E-state index contributed by atoms with van der Waals surface area (Å²) in [5.74, 6) is -0.238. The highest BCUT2D eigenvalue weighted by Crippen LogP contribution is 2.18. The SMILES string of the molecule is CC1=CC(=O)OC1Cc1ccc2ccccc2[nH+]1. The molecule has 90 valence electrons. The van der Waals surface area contributed by atoms with Gasteiger partial charge in [0.15, 0.2) is 5.69 Å². The molecule has 18 heavy (non-hydrogen) atoms. The molecule has 1 unspecified atom stereocenters. The molecule has 3 nitrogen and oxygen atoms in total. The first-order valence-corrected chi connectivity index (χ1v) is 6.01. The lowest BCUT2D eigenvalue weighted by molar-refractivity contribution is -0.358. The molecule has 3 rings (SSSR count). The Morgan fingerprint density at radius 2 is 2.06 bits per heavy atom. The number of nitrogens with one attached hydrogen (secondary N) is 1. The van der Waals surface area contributed by atoms with Gasteiger partial charge in [0.05, 0.1) is 6.42 Å². The van der Waals surface area contributed by atoms with Crippen LogP contribution >= 0.6 is 0 Å². The zero-order chi connectivity index (χ0) is 12.5. The molecular formula is C15H14NO2+. The highest BCUT2D eigenvalue weighted by atomic mass is 16.5. The number of benzene rings is 1. The first-order valence-electron chi connectivity index (χ1n) is 6.01. The Labute approximate surface area is 105 Å². The number of rotatable bonds is 2. The second-order valence-corrected chi connectivity index (χ2v) is 4.59. The van der Waals surface area contributed by atoms with Gasteiger partial charge in [-0.3, -0.25) is 0 Å². The molecule has 0 saturated carbocycles. The van der Waals surface area contributed by atoms with E-state index in [-0.39, 0.29) is 12.1 Å². The molecule has 1 aliphatic rings. The van der Waals surface area contributed by atoms with Crippen LogP contribution in [0.4, 0.5) is 0 Å². The largest absolute Gasteiger partial charge is 0.454 e. The van der Waals surface area contributed by atoms with E-state index in [1.54, 1.807) is 6.08 Å². The van der Waals surface area contributed by atoms with Gasteiger partial charge in [-0.25, -0.2) is 9.78 Å². The fraction of sp³-hybridized carbons (Fsp3) is 0.200. The average Bonchev–Trinajstić information content (AvgIpc) is 2.68. The van der Waals surface area contributed by atoms with Gasteiger partial charge in [0.25, 0.3) is 0 Å². The van der Waals surface area contributed by atoms with Gasteiger partial charge in [-0.15, -0.1) is 0 Å². The van der Waals surface area contributed by atoms with Gasteiger partial charge < -0.3 is 4.74 Å². The van der Waals surface area contributed by atoms with Gasteiger partial charge in [-0.05, 0) is 24.6 Å². The van der Waals surface area contributed by atoms with Gasteiger partial charge in [0.1, 0.15) is 6.10 Å². The summed E-state index contributed by atoms with van der Waals surface area (Å²) in [6, 6.07) is 12.3. The van der Waals surface area contributed by atoms with E-state index in [4.69, 9.17) is 4.74 Å². The number of fused-ring (bicyclic) bond motifs is 1. The van der Waals surface area contributed by atoms with Gasteiger partial charge in [-0.2, -0.15) is 0 Å². The molecule has 3 heteroatoms. The molecule has 0 amide bonds. The van der Waals surface area contributed by atoms with Gasteiger partial charge in [0, 0.05) is 23.6 Å². The highest BCUT2D eigenvalue weighted by Gasteiger charge is 2.25. The summed E-state index contributed by atoms with van der Waals surface area (Å²) in [5, 5.41) is 1.18. The Balaban J connectivity index is 1.87. The number of esters is 1. The number of aromatic amines is 1. The van der Waals surface area contributed by atoms with Crippen molar-refractivity contribution >= 4 is 16.9 Å². The average molecular weight is 240 g/mol. The number of carbonyl (C=O) groups is 1. The van der Waals surface area contributed by atoms with Crippen molar-refractivity contribution in [2.24, 2.45) is 0 Å². The maximum atomic E-state index is 11.2. The molecule has 1 atom stereocenters. The topological polar surface area (TPSA) is 40.4 Å². The molecule has 0 radical (unpaired) electrons. The van der Waals surface area contributed by atoms with Gasteiger partial charge >= 0.3 is 5.97 Å². The van der Waals surface area contributed by atoms with Crippen molar-refractivity contribution in [3.63, 3.8) is 0 Å². The first kappa shape index (κ1) is 11.0. The van der Waals surface area contributed by atoms with E-state index in [0.29, 0.717) is 6.42 Å². The number of aromatic nitrogens is 1. The van der Waals surface area contributed by atoms with Crippen molar-refractivity contribution in [1.82, 2.24) is 0 Å². The van der Waals surface area contributed by atoms with Crippen molar-refractivity contribution in [3.8, 4) is 0 Å². The maximum Gasteiger partial charge on any atom is 0.331 e. The van der Waals surface area contributed by atoms with Gasteiger partial charge in [-0.1, -0.05) is 12.1 Å². The Morgan fingerprint density at radius 3 is 2.83 bits per heavy atom. The van der Waals surface area contributed by atoms with E-state index in [0.717, 1.165) is 16.8 Å². The monoisotopic (exact) mass is 240 g/mol. The first-order chi connectivity index (χ1) is 8.72. The lowest BCUT2D eigenvalue weighted by atomic mass is 10.1. The highest BCUT2D eigenvalue weighted by molar-refractivity contribution is 5.85.